The highest BCUT2D eigenvalue weighted by Gasteiger charge is 2.39. The first-order valence-electron chi connectivity index (χ1n) is 5.76. The third kappa shape index (κ3) is 2.88. The summed E-state index contributed by atoms with van der Waals surface area (Å²) in [7, 11) is 0. The van der Waals surface area contributed by atoms with E-state index in [0.717, 1.165) is 12.8 Å². The maximum Gasteiger partial charge on any atom is 0.254 e. The number of hydrogen-bond acceptors (Lipinski definition) is 2. The molecule has 0 atom stereocenters. The second kappa shape index (κ2) is 4.79. The van der Waals surface area contributed by atoms with Crippen molar-refractivity contribution in [1.82, 2.24) is 5.32 Å². The molecule has 4 heteroatoms. The van der Waals surface area contributed by atoms with Crippen molar-refractivity contribution >= 4 is 5.91 Å². The lowest BCUT2D eigenvalue weighted by atomic mass is 10.1. The van der Waals surface area contributed by atoms with Crippen molar-refractivity contribution in [3.8, 4) is 11.8 Å². The molecule has 1 amide bonds. The molecule has 0 bridgehead atoms. The van der Waals surface area contributed by atoms with Crippen LogP contribution in [0.4, 0.5) is 4.39 Å². The molecule has 0 unspecified atom stereocenters. The fourth-order valence-electron chi connectivity index (χ4n) is 1.57. The van der Waals surface area contributed by atoms with Gasteiger partial charge in [0.25, 0.3) is 5.91 Å². The first-order chi connectivity index (χ1) is 8.54. The molecule has 2 rings (SSSR count). The summed E-state index contributed by atoms with van der Waals surface area (Å²) in [6.45, 7) is 1.66. The van der Waals surface area contributed by atoms with Gasteiger partial charge in [0.15, 0.2) is 0 Å². The van der Waals surface area contributed by atoms with Crippen molar-refractivity contribution in [2.45, 2.75) is 25.3 Å². The van der Waals surface area contributed by atoms with Gasteiger partial charge in [-0.25, -0.2) is 4.39 Å². The Morgan fingerprint density at radius 3 is 2.83 bits per heavy atom. The Hall–Kier alpha value is -1.86. The largest absolute Gasteiger partial charge is 0.384 e. The lowest BCUT2D eigenvalue weighted by molar-refractivity contribution is 0.0931. The van der Waals surface area contributed by atoms with E-state index >= 15 is 0 Å². The molecule has 1 saturated carbocycles. The predicted molar refractivity (Wildman–Crippen MR) is 65.5 cm³/mol. The molecular formula is C14H14FNO2. The first kappa shape index (κ1) is 12.6. The van der Waals surface area contributed by atoms with Crippen molar-refractivity contribution in [2.75, 3.05) is 6.61 Å². The summed E-state index contributed by atoms with van der Waals surface area (Å²) in [5.74, 6) is 4.03. The Balaban J connectivity index is 2.16. The highest BCUT2D eigenvalue weighted by Crippen LogP contribution is 2.34. The van der Waals surface area contributed by atoms with E-state index in [9.17, 15) is 9.18 Å². The molecule has 0 saturated heterocycles. The lowest BCUT2D eigenvalue weighted by Crippen LogP contribution is -2.34. The molecule has 0 heterocycles. The average Bonchev–Trinajstić information content (AvgIpc) is 3.04. The predicted octanol–water partition coefficient (Wildman–Crippen LogP) is 1.45. The van der Waals surface area contributed by atoms with Gasteiger partial charge in [0, 0.05) is 11.1 Å². The van der Waals surface area contributed by atoms with Gasteiger partial charge in [-0.1, -0.05) is 11.8 Å². The van der Waals surface area contributed by atoms with Crippen LogP contribution in [0.15, 0.2) is 18.2 Å². The number of nitrogens with one attached hydrogen (secondary N) is 1. The molecular weight excluding hydrogens is 233 g/mol. The summed E-state index contributed by atoms with van der Waals surface area (Å²) in [4.78, 5) is 11.8. The van der Waals surface area contributed by atoms with E-state index in [1.54, 1.807) is 6.07 Å². The second-order valence-corrected chi connectivity index (χ2v) is 4.67. The number of carbonyl (C=O) groups is 1. The Morgan fingerprint density at radius 1 is 1.56 bits per heavy atom. The fraction of sp³-hybridized carbons (Fsp3) is 0.357. The van der Waals surface area contributed by atoms with Crippen LogP contribution in [-0.4, -0.2) is 23.2 Å². The zero-order valence-electron chi connectivity index (χ0n) is 10.1. The van der Waals surface area contributed by atoms with Crippen molar-refractivity contribution in [2.24, 2.45) is 0 Å². The number of amides is 1. The first-order valence-corrected chi connectivity index (χ1v) is 5.76. The number of benzene rings is 1. The van der Waals surface area contributed by atoms with Gasteiger partial charge in [-0.05, 0) is 38.0 Å². The molecule has 18 heavy (non-hydrogen) atoms. The van der Waals surface area contributed by atoms with Crippen LogP contribution in [0, 0.1) is 17.7 Å². The maximum atomic E-state index is 13.7. The number of carbonyl (C=O) groups excluding carboxylic acids is 1. The smallest absolute Gasteiger partial charge is 0.254 e. The summed E-state index contributed by atoms with van der Waals surface area (Å²) in [5.41, 5.74) is 0.298. The summed E-state index contributed by atoms with van der Waals surface area (Å²) in [6.07, 6.45) is 1.86. The highest BCUT2D eigenvalue weighted by molar-refractivity contribution is 5.95. The van der Waals surface area contributed by atoms with E-state index in [4.69, 9.17) is 5.11 Å². The topological polar surface area (TPSA) is 49.3 Å². The molecule has 0 aliphatic heterocycles. The third-order valence-electron chi connectivity index (χ3n) is 2.94. The zero-order chi connectivity index (χ0) is 13.2. The number of aliphatic hydroxyl groups excluding tert-OH is 1. The van der Waals surface area contributed by atoms with Crippen LogP contribution >= 0.6 is 0 Å². The summed E-state index contributed by atoms with van der Waals surface area (Å²) < 4.78 is 13.7. The minimum Gasteiger partial charge on any atom is -0.384 e. The molecule has 0 spiro atoms. The molecule has 0 aromatic heterocycles. The quantitative estimate of drug-likeness (QED) is 0.777. The van der Waals surface area contributed by atoms with Crippen LogP contribution in [0.1, 0.15) is 35.7 Å². The number of rotatable bonds is 2. The molecule has 1 fully saturated rings. The van der Waals surface area contributed by atoms with E-state index in [-0.39, 0.29) is 17.7 Å². The average molecular weight is 247 g/mol. The van der Waals surface area contributed by atoms with E-state index in [1.807, 2.05) is 6.92 Å². The molecule has 1 aromatic carbocycles. The molecule has 0 radical (unpaired) electrons. The van der Waals surface area contributed by atoms with Crippen LogP contribution in [0.5, 0.6) is 0 Å². The maximum absolute atomic E-state index is 13.7. The van der Waals surface area contributed by atoms with Crippen molar-refractivity contribution in [3.05, 3.63) is 35.1 Å². The Morgan fingerprint density at radius 2 is 2.28 bits per heavy atom. The van der Waals surface area contributed by atoms with Crippen LogP contribution < -0.4 is 5.32 Å². The van der Waals surface area contributed by atoms with E-state index < -0.39 is 11.7 Å². The van der Waals surface area contributed by atoms with Gasteiger partial charge in [0.1, 0.15) is 12.4 Å². The minimum absolute atomic E-state index is 0.0256. The Labute approximate surface area is 105 Å². The van der Waals surface area contributed by atoms with Gasteiger partial charge in [0.2, 0.25) is 0 Å². The Kier molecular flexibility index (Phi) is 3.35. The monoisotopic (exact) mass is 247 g/mol. The van der Waals surface area contributed by atoms with Gasteiger partial charge in [-0.3, -0.25) is 4.79 Å². The lowest BCUT2D eigenvalue weighted by Gasteiger charge is -2.11. The van der Waals surface area contributed by atoms with E-state index in [2.05, 4.69) is 17.2 Å². The highest BCUT2D eigenvalue weighted by atomic mass is 19.1. The summed E-state index contributed by atoms with van der Waals surface area (Å²) >= 11 is 0. The van der Waals surface area contributed by atoms with E-state index in [1.165, 1.54) is 12.1 Å². The SMILES string of the molecule is CC1(NC(=O)c2ccc(C#CCO)cc2F)CC1. The normalized spacial score (nSPS) is 15.5. The summed E-state index contributed by atoms with van der Waals surface area (Å²) in [5, 5.41) is 11.3. The van der Waals surface area contributed by atoms with Gasteiger partial charge in [-0.2, -0.15) is 0 Å². The van der Waals surface area contributed by atoms with Crippen molar-refractivity contribution in [3.63, 3.8) is 0 Å². The molecule has 3 nitrogen and oxygen atoms in total. The standard InChI is InChI=1S/C14H14FNO2/c1-14(6-7-14)16-13(18)11-5-4-10(3-2-8-17)9-12(11)15/h4-5,9,17H,6-8H2,1H3,(H,16,18). The summed E-state index contributed by atoms with van der Waals surface area (Å²) in [6, 6.07) is 4.18. The van der Waals surface area contributed by atoms with E-state index in [0.29, 0.717) is 5.56 Å². The number of halogens is 1. The number of hydrogen-bond donors (Lipinski definition) is 2. The van der Waals surface area contributed by atoms with Gasteiger partial charge in [0.05, 0.1) is 5.56 Å². The van der Waals surface area contributed by atoms with Crippen molar-refractivity contribution < 1.29 is 14.3 Å². The minimum atomic E-state index is -0.596. The fourth-order valence-corrected chi connectivity index (χ4v) is 1.57. The molecule has 1 aliphatic carbocycles. The molecule has 1 aliphatic rings. The molecule has 94 valence electrons. The second-order valence-electron chi connectivity index (χ2n) is 4.67. The zero-order valence-corrected chi connectivity index (χ0v) is 10.1. The van der Waals surface area contributed by atoms with Crippen LogP contribution in [0.2, 0.25) is 0 Å². The third-order valence-corrected chi connectivity index (χ3v) is 2.94. The van der Waals surface area contributed by atoms with Crippen LogP contribution in [0.25, 0.3) is 0 Å². The van der Waals surface area contributed by atoms with Crippen molar-refractivity contribution in [1.29, 1.82) is 0 Å². The van der Waals surface area contributed by atoms with Gasteiger partial charge < -0.3 is 10.4 Å². The molecule has 2 N–H and O–H groups in total. The molecule has 1 aromatic rings. The Bertz CT molecular complexity index is 538. The van der Waals surface area contributed by atoms with Crippen LogP contribution in [0.3, 0.4) is 0 Å². The number of aliphatic hydroxyl groups is 1. The van der Waals surface area contributed by atoms with Gasteiger partial charge in [-0.15, -0.1) is 0 Å². The van der Waals surface area contributed by atoms with Crippen LogP contribution in [-0.2, 0) is 0 Å². The van der Waals surface area contributed by atoms with Gasteiger partial charge >= 0.3 is 0 Å².